The topological polar surface area (TPSA) is 62.4 Å². The van der Waals surface area contributed by atoms with Crippen LogP contribution >= 0.6 is 0 Å². The molecule has 0 spiro atoms. The number of nitrogens with one attached hydrogen (secondary N) is 1. The molecule has 3 heterocycles. The number of fused-ring (bicyclic) bond motifs is 5. The summed E-state index contributed by atoms with van der Waals surface area (Å²) in [5.41, 5.74) is 3.70. The fourth-order valence-electron chi connectivity index (χ4n) is 4.02. The van der Waals surface area contributed by atoms with E-state index in [1.54, 1.807) is 0 Å². The Morgan fingerprint density at radius 2 is 2.22 bits per heavy atom. The fourth-order valence-corrected chi connectivity index (χ4v) is 4.02. The van der Waals surface area contributed by atoms with Gasteiger partial charge < -0.3 is 14.6 Å². The van der Waals surface area contributed by atoms with Crippen molar-refractivity contribution in [2.24, 2.45) is 5.92 Å². The van der Waals surface area contributed by atoms with E-state index in [0.717, 1.165) is 24.9 Å². The second kappa shape index (κ2) is 5.41. The lowest BCUT2D eigenvalue weighted by Crippen LogP contribution is -2.35. The normalized spacial score (nSPS) is 23.0. The number of esters is 1. The number of carbonyl (C=O) groups is 2. The molecule has 2 aliphatic heterocycles. The molecule has 0 radical (unpaired) electrons. The zero-order valence-corrected chi connectivity index (χ0v) is 13.2. The van der Waals surface area contributed by atoms with Crippen molar-refractivity contribution in [1.82, 2.24) is 9.88 Å². The van der Waals surface area contributed by atoms with Gasteiger partial charge in [-0.3, -0.25) is 9.59 Å². The average molecular weight is 312 g/mol. The number of carbonyl (C=O) groups excluding carboxylic acids is 2. The smallest absolute Gasteiger partial charge is 0.302 e. The number of rotatable bonds is 3. The second-order valence-corrected chi connectivity index (χ2v) is 6.42. The minimum absolute atomic E-state index is 0.0447. The van der Waals surface area contributed by atoms with Crippen molar-refractivity contribution in [1.29, 1.82) is 0 Å². The van der Waals surface area contributed by atoms with Gasteiger partial charge in [0.2, 0.25) is 5.91 Å². The molecule has 1 amide bonds. The Kier molecular flexibility index (Phi) is 3.36. The van der Waals surface area contributed by atoms with E-state index in [-0.39, 0.29) is 23.8 Å². The highest BCUT2D eigenvalue weighted by molar-refractivity contribution is 5.87. The van der Waals surface area contributed by atoms with E-state index in [2.05, 4.69) is 23.2 Å². The molecule has 4 rings (SSSR count). The van der Waals surface area contributed by atoms with Gasteiger partial charge in [-0.1, -0.05) is 18.2 Å². The van der Waals surface area contributed by atoms with E-state index in [1.807, 2.05) is 11.0 Å². The van der Waals surface area contributed by atoms with Gasteiger partial charge in [-0.2, -0.15) is 0 Å². The number of aromatic amines is 1. The van der Waals surface area contributed by atoms with Crippen LogP contribution in [0.5, 0.6) is 0 Å². The molecule has 2 aromatic rings. The van der Waals surface area contributed by atoms with Gasteiger partial charge in [-0.15, -0.1) is 0 Å². The lowest BCUT2D eigenvalue weighted by Gasteiger charge is -2.29. The molecular formula is C18H20N2O3. The van der Waals surface area contributed by atoms with Crippen LogP contribution in [0, 0.1) is 5.92 Å². The maximum Gasteiger partial charge on any atom is 0.302 e. The first kappa shape index (κ1) is 14.3. The first-order chi connectivity index (χ1) is 11.1. The number of aromatic nitrogens is 1. The first-order valence-electron chi connectivity index (χ1n) is 8.18. The number of H-pyrrole nitrogens is 1. The summed E-state index contributed by atoms with van der Waals surface area (Å²) in [5, 5.41) is 1.28. The van der Waals surface area contributed by atoms with E-state index in [9.17, 15) is 9.59 Å². The Morgan fingerprint density at radius 1 is 1.39 bits per heavy atom. The number of para-hydroxylation sites is 1. The van der Waals surface area contributed by atoms with Crippen LogP contribution in [-0.4, -0.2) is 34.9 Å². The first-order valence-corrected chi connectivity index (χ1v) is 8.18. The standard InChI is InChI=1S/C18H20N2O3/c1-11(21)23-9-7-12-10-16-17-14(6-8-20(16)18(12)22)13-4-2-3-5-15(13)19-17/h2-5,12,16,19H,6-10H2,1H3/t12-,16+/m1/s1. The van der Waals surface area contributed by atoms with Gasteiger partial charge in [0, 0.05) is 36.0 Å². The van der Waals surface area contributed by atoms with Gasteiger partial charge in [0.1, 0.15) is 0 Å². The number of amides is 1. The third-order valence-electron chi connectivity index (χ3n) is 5.07. The largest absolute Gasteiger partial charge is 0.466 e. The summed E-state index contributed by atoms with van der Waals surface area (Å²) >= 11 is 0. The third kappa shape index (κ3) is 2.31. The molecule has 1 N–H and O–H groups in total. The minimum Gasteiger partial charge on any atom is -0.466 e. The van der Waals surface area contributed by atoms with Crippen molar-refractivity contribution in [3.8, 4) is 0 Å². The van der Waals surface area contributed by atoms with Gasteiger partial charge in [0.25, 0.3) is 0 Å². The number of hydrogen-bond acceptors (Lipinski definition) is 3. The number of nitrogens with zero attached hydrogens (tertiary/aromatic N) is 1. The van der Waals surface area contributed by atoms with E-state index in [4.69, 9.17) is 4.74 Å². The molecular weight excluding hydrogens is 292 g/mol. The van der Waals surface area contributed by atoms with Crippen LogP contribution in [0.4, 0.5) is 0 Å². The Morgan fingerprint density at radius 3 is 3.04 bits per heavy atom. The molecule has 0 aliphatic carbocycles. The van der Waals surface area contributed by atoms with Crippen molar-refractivity contribution in [3.63, 3.8) is 0 Å². The molecule has 0 bridgehead atoms. The van der Waals surface area contributed by atoms with E-state index in [0.29, 0.717) is 13.0 Å². The van der Waals surface area contributed by atoms with Crippen LogP contribution in [-0.2, 0) is 20.7 Å². The van der Waals surface area contributed by atoms with Crippen molar-refractivity contribution >= 4 is 22.8 Å². The van der Waals surface area contributed by atoms with Gasteiger partial charge in [0.05, 0.1) is 12.6 Å². The molecule has 0 saturated carbocycles. The molecule has 0 unspecified atom stereocenters. The Hall–Kier alpha value is -2.30. The monoisotopic (exact) mass is 312 g/mol. The average Bonchev–Trinajstić information content (AvgIpc) is 3.06. The minimum atomic E-state index is -0.286. The molecule has 1 aromatic carbocycles. The molecule has 23 heavy (non-hydrogen) atoms. The van der Waals surface area contributed by atoms with Crippen molar-refractivity contribution in [2.75, 3.05) is 13.2 Å². The zero-order chi connectivity index (χ0) is 16.0. The van der Waals surface area contributed by atoms with Crippen molar-refractivity contribution < 1.29 is 14.3 Å². The van der Waals surface area contributed by atoms with Crippen LogP contribution in [0.15, 0.2) is 24.3 Å². The number of benzene rings is 1. The summed E-state index contributed by atoms with van der Waals surface area (Å²) in [6.45, 7) is 2.50. The molecule has 1 saturated heterocycles. The van der Waals surface area contributed by atoms with Crippen LogP contribution in [0.2, 0.25) is 0 Å². The predicted molar refractivity (Wildman–Crippen MR) is 85.8 cm³/mol. The number of hydrogen-bond donors (Lipinski definition) is 1. The van der Waals surface area contributed by atoms with Gasteiger partial charge >= 0.3 is 5.97 Å². The van der Waals surface area contributed by atoms with Gasteiger partial charge in [0.15, 0.2) is 0 Å². The molecule has 120 valence electrons. The third-order valence-corrected chi connectivity index (χ3v) is 5.07. The highest BCUT2D eigenvalue weighted by Crippen LogP contribution is 2.43. The summed E-state index contributed by atoms with van der Waals surface area (Å²) < 4.78 is 5.01. The molecule has 1 fully saturated rings. The van der Waals surface area contributed by atoms with Gasteiger partial charge in [-0.25, -0.2) is 0 Å². The maximum atomic E-state index is 12.6. The Bertz CT molecular complexity index is 780. The van der Waals surface area contributed by atoms with Crippen LogP contribution in [0.3, 0.4) is 0 Å². The van der Waals surface area contributed by atoms with E-state index >= 15 is 0 Å². The predicted octanol–water partition coefficient (Wildman–Crippen LogP) is 2.57. The molecule has 5 heteroatoms. The van der Waals surface area contributed by atoms with Crippen LogP contribution in [0.25, 0.3) is 10.9 Å². The van der Waals surface area contributed by atoms with Crippen molar-refractivity contribution in [2.45, 2.75) is 32.2 Å². The summed E-state index contributed by atoms with van der Waals surface area (Å²) in [6.07, 6.45) is 2.32. The summed E-state index contributed by atoms with van der Waals surface area (Å²) in [6, 6.07) is 8.47. The van der Waals surface area contributed by atoms with Crippen LogP contribution in [0.1, 0.15) is 37.1 Å². The quantitative estimate of drug-likeness (QED) is 0.886. The van der Waals surface area contributed by atoms with E-state index in [1.165, 1.54) is 23.6 Å². The highest BCUT2D eigenvalue weighted by atomic mass is 16.5. The number of ether oxygens (including phenoxy) is 1. The SMILES string of the molecule is CC(=O)OCC[C@@H]1C[C@H]2c3[nH]c4ccccc4c3CCN2C1=O. The maximum absolute atomic E-state index is 12.6. The Balaban J connectivity index is 1.59. The van der Waals surface area contributed by atoms with Crippen LogP contribution < -0.4 is 0 Å². The molecule has 5 nitrogen and oxygen atoms in total. The van der Waals surface area contributed by atoms with Crippen molar-refractivity contribution in [3.05, 3.63) is 35.5 Å². The summed E-state index contributed by atoms with van der Waals surface area (Å²) in [7, 11) is 0. The van der Waals surface area contributed by atoms with Gasteiger partial charge in [-0.05, 0) is 30.9 Å². The Labute approximate surface area is 134 Å². The lowest BCUT2D eigenvalue weighted by atomic mass is 9.95. The summed E-state index contributed by atoms with van der Waals surface area (Å²) in [4.78, 5) is 29.0. The second-order valence-electron chi connectivity index (χ2n) is 6.42. The molecule has 1 aromatic heterocycles. The molecule has 2 atom stereocenters. The van der Waals surface area contributed by atoms with E-state index < -0.39 is 0 Å². The lowest BCUT2D eigenvalue weighted by molar-refractivity contribution is -0.142. The molecule has 2 aliphatic rings. The fraction of sp³-hybridized carbons (Fsp3) is 0.444. The zero-order valence-electron chi connectivity index (χ0n) is 13.2. The summed E-state index contributed by atoms with van der Waals surface area (Å²) in [5.74, 6) is -0.130. The highest BCUT2D eigenvalue weighted by Gasteiger charge is 2.43.